The van der Waals surface area contributed by atoms with Crippen LogP contribution in [0.3, 0.4) is 0 Å². The van der Waals surface area contributed by atoms with E-state index in [1.165, 1.54) is 39.9 Å². The molecule has 3 aromatic rings. The van der Waals surface area contributed by atoms with Gasteiger partial charge in [-0.3, -0.25) is 4.79 Å². The lowest BCUT2D eigenvalue weighted by Crippen LogP contribution is -2.48. The number of hydrogen-bond donors (Lipinski definition) is 0. The van der Waals surface area contributed by atoms with Gasteiger partial charge in [-0.1, -0.05) is 29.0 Å². The predicted octanol–water partition coefficient (Wildman–Crippen LogP) is 3.43. The minimum absolute atomic E-state index is 0.143. The minimum Gasteiger partial charge on any atom is -0.373 e. The van der Waals surface area contributed by atoms with Gasteiger partial charge in [0.2, 0.25) is 10.0 Å². The van der Waals surface area contributed by atoms with Crippen LogP contribution in [-0.4, -0.2) is 48.5 Å². The quantitative estimate of drug-likeness (QED) is 0.576. The third-order valence-electron chi connectivity index (χ3n) is 5.10. The lowest BCUT2D eigenvalue weighted by molar-refractivity contribution is -0.0440. The first-order valence-electron chi connectivity index (χ1n) is 9.75. The zero-order valence-corrected chi connectivity index (χ0v) is 19.7. The number of aryl methyl sites for hydroxylation is 1. The molecular weight excluding hydrogens is 458 g/mol. The summed E-state index contributed by atoms with van der Waals surface area (Å²) in [5, 5.41) is 0.589. The van der Waals surface area contributed by atoms with E-state index >= 15 is 0 Å². The number of para-hydroxylation sites is 1. The molecule has 2 aromatic carbocycles. The Labute approximate surface area is 189 Å². The summed E-state index contributed by atoms with van der Waals surface area (Å²) in [5.41, 5.74) is 1.13. The Kier molecular flexibility index (Phi) is 6.06. The summed E-state index contributed by atoms with van der Waals surface area (Å²) < 4.78 is 35.7. The number of halogens is 1. The van der Waals surface area contributed by atoms with E-state index in [0.717, 1.165) is 10.2 Å². The van der Waals surface area contributed by atoms with E-state index < -0.39 is 15.9 Å². The summed E-state index contributed by atoms with van der Waals surface area (Å²) >= 11 is 7.63. The molecule has 1 aromatic heterocycles. The van der Waals surface area contributed by atoms with Crippen LogP contribution in [0.15, 0.2) is 52.4 Å². The molecule has 4 rings (SSSR count). The highest BCUT2D eigenvalue weighted by atomic mass is 35.5. The number of sulfonamides is 1. The molecule has 0 aliphatic carbocycles. The number of hydrogen-bond acceptors (Lipinski definition) is 5. The number of morpholine rings is 1. The third-order valence-corrected chi connectivity index (χ3v) is 8.34. The standard InChI is InChI=1S/C21H22ClN3O4S2/c1-13-11-25(12-14(2)29-13)31(27,28)16-9-7-15(8-10-16)20(26)23-21-24(3)19-17(22)5-4-6-18(19)30-21/h4-10,13-14H,11-12H2,1-3H3/t13-,14-/m0/s1. The number of rotatable bonds is 3. The van der Waals surface area contributed by atoms with E-state index in [-0.39, 0.29) is 17.1 Å². The van der Waals surface area contributed by atoms with Gasteiger partial charge < -0.3 is 9.30 Å². The van der Waals surface area contributed by atoms with Crippen molar-refractivity contribution in [3.05, 3.63) is 57.9 Å². The SMILES string of the molecule is C[C@H]1CN(S(=O)(=O)c2ccc(C(=O)N=c3sc4cccc(Cl)c4n3C)cc2)C[C@H](C)O1. The number of carbonyl (C=O) groups excluding carboxylic acids is 1. The molecule has 7 nitrogen and oxygen atoms in total. The molecule has 1 saturated heterocycles. The van der Waals surface area contributed by atoms with Gasteiger partial charge in [-0.2, -0.15) is 9.30 Å². The predicted molar refractivity (Wildman–Crippen MR) is 121 cm³/mol. The van der Waals surface area contributed by atoms with Gasteiger partial charge in [0.05, 0.1) is 32.3 Å². The molecule has 0 saturated carbocycles. The van der Waals surface area contributed by atoms with Crippen molar-refractivity contribution in [2.75, 3.05) is 13.1 Å². The minimum atomic E-state index is -3.66. The van der Waals surface area contributed by atoms with Gasteiger partial charge in [-0.05, 0) is 50.2 Å². The van der Waals surface area contributed by atoms with Crippen LogP contribution in [-0.2, 0) is 21.8 Å². The van der Waals surface area contributed by atoms with E-state index in [2.05, 4.69) is 4.99 Å². The fourth-order valence-electron chi connectivity index (χ4n) is 3.66. The van der Waals surface area contributed by atoms with Crippen LogP contribution in [0.2, 0.25) is 5.02 Å². The van der Waals surface area contributed by atoms with Gasteiger partial charge >= 0.3 is 0 Å². The molecule has 1 aliphatic rings. The maximum absolute atomic E-state index is 13.0. The van der Waals surface area contributed by atoms with Crippen LogP contribution >= 0.6 is 22.9 Å². The lowest BCUT2D eigenvalue weighted by atomic mass is 10.2. The lowest BCUT2D eigenvalue weighted by Gasteiger charge is -2.34. The third kappa shape index (κ3) is 4.33. The van der Waals surface area contributed by atoms with Gasteiger partial charge in [0.1, 0.15) is 0 Å². The Morgan fingerprint density at radius 3 is 2.39 bits per heavy atom. The number of thiazole rings is 1. The van der Waals surface area contributed by atoms with Crippen molar-refractivity contribution in [2.24, 2.45) is 12.0 Å². The molecule has 1 amide bonds. The molecule has 1 aliphatic heterocycles. The van der Waals surface area contributed by atoms with Crippen molar-refractivity contribution in [1.82, 2.24) is 8.87 Å². The Morgan fingerprint density at radius 2 is 1.77 bits per heavy atom. The summed E-state index contributed by atoms with van der Waals surface area (Å²) in [5.74, 6) is -0.448. The van der Waals surface area contributed by atoms with Crippen molar-refractivity contribution in [3.8, 4) is 0 Å². The van der Waals surface area contributed by atoms with E-state index in [1.54, 1.807) is 17.7 Å². The Morgan fingerprint density at radius 1 is 1.13 bits per heavy atom. The number of aromatic nitrogens is 1. The number of amides is 1. The first-order valence-corrected chi connectivity index (χ1v) is 12.4. The van der Waals surface area contributed by atoms with Gasteiger partial charge in [0, 0.05) is 25.7 Å². The monoisotopic (exact) mass is 479 g/mol. The molecule has 1 fully saturated rings. The van der Waals surface area contributed by atoms with Crippen molar-refractivity contribution in [1.29, 1.82) is 0 Å². The van der Waals surface area contributed by atoms with Gasteiger partial charge in [-0.25, -0.2) is 8.42 Å². The van der Waals surface area contributed by atoms with Gasteiger partial charge in [0.25, 0.3) is 5.91 Å². The van der Waals surface area contributed by atoms with Gasteiger partial charge in [-0.15, -0.1) is 0 Å². The first kappa shape index (κ1) is 22.2. The number of benzene rings is 2. The highest BCUT2D eigenvalue weighted by Gasteiger charge is 2.32. The summed E-state index contributed by atoms with van der Waals surface area (Å²) in [4.78, 5) is 17.6. The maximum Gasteiger partial charge on any atom is 0.279 e. The Balaban J connectivity index is 1.61. The molecule has 164 valence electrons. The molecule has 2 heterocycles. The second kappa shape index (κ2) is 8.48. The zero-order chi connectivity index (χ0) is 22.3. The van der Waals surface area contributed by atoms with Crippen molar-refractivity contribution in [3.63, 3.8) is 0 Å². The molecule has 0 N–H and O–H groups in total. The second-order valence-corrected chi connectivity index (χ2v) is 10.9. The van der Waals surface area contributed by atoms with Crippen LogP contribution < -0.4 is 4.80 Å². The molecule has 10 heteroatoms. The van der Waals surface area contributed by atoms with Crippen molar-refractivity contribution < 1.29 is 17.9 Å². The van der Waals surface area contributed by atoms with E-state index in [0.29, 0.717) is 28.5 Å². The highest BCUT2D eigenvalue weighted by molar-refractivity contribution is 7.89. The van der Waals surface area contributed by atoms with Crippen molar-refractivity contribution in [2.45, 2.75) is 31.0 Å². The molecule has 2 atom stereocenters. The summed E-state index contributed by atoms with van der Waals surface area (Å²) in [7, 11) is -1.86. The van der Waals surface area contributed by atoms with Crippen LogP contribution in [0.5, 0.6) is 0 Å². The summed E-state index contributed by atoms with van der Waals surface area (Å²) in [6.07, 6.45) is -0.345. The number of carbonyl (C=O) groups is 1. The average molecular weight is 480 g/mol. The Hall–Kier alpha value is -2.04. The molecule has 0 radical (unpaired) electrons. The molecular formula is C21H22ClN3O4S2. The van der Waals surface area contributed by atoms with Crippen molar-refractivity contribution >= 4 is 49.1 Å². The number of nitrogens with zero attached hydrogens (tertiary/aromatic N) is 3. The largest absolute Gasteiger partial charge is 0.373 e. The van der Waals surface area contributed by atoms with E-state index in [4.69, 9.17) is 16.3 Å². The number of ether oxygens (including phenoxy) is 1. The van der Waals surface area contributed by atoms with E-state index in [1.807, 2.05) is 26.0 Å². The molecule has 0 bridgehead atoms. The van der Waals surface area contributed by atoms with Gasteiger partial charge in [0.15, 0.2) is 4.80 Å². The average Bonchev–Trinajstić information content (AvgIpc) is 3.04. The fraction of sp³-hybridized carbons (Fsp3) is 0.333. The highest BCUT2D eigenvalue weighted by Crippen LogP contribution is 2.25. The summed E-state index contributed by atoms with van der Waals surface area (Å²) in [6.45, 7) is 4.30. The Bertz CT molecular complexity index is 1300. The van der Waals surface area contributed by atoms with Crippen LogP contribution in [0.1, 0.15) is 24.2 Å². The number of fused-ring (bicyclic) bond motifs is 1. The van der Waals surface area contributed by atoms with E-state index in [9.17, 15) is 13.2 Å². The van der Waals surface area contributed by atoms with Crippen LogP contribution in [0.4, 0.5) is 0 Å². The summed E-state index contributed by atoms with van der Waals surface area (Å²) in [6, 6.07) is 11.4. The topological polar surface area (TPSA) is 81.0 Å². The molecule has 0 spiro atoms. The maximum atomic E-state index is 13.0. The van der Waals surface area contributed by atoms with Crippen LogP contribution in [0.25, 0.3) is 10.2 Å². The first-order chi connectivity index (χ1) is 14.7. The molecule has 31 heavy (non-hydrogen) atoms. The smallest absolute Gasteiger partial charge is 0.279 e. The normalized spacial score (nSPS) is 21.0. The second-order valence-electron chi connectivity index (χ2n) is 7.55. The fourth-order valence-corrected chi connectivity index (χ4v) is 6.65. The zero-order valence-electron chi connectivity index (χ0n) is 17.3. The van der Waals surface area contributed by atoms with Crippen LogP contribution in [0, 0.1) is 0 Å². The molecule has 0 unspecified atom stereocenters.